The third-order valence-corrected chi connectivity index (χ3v) is 16.7. The number of hydrogen-bond acceptors (Lipinski definition) is 3. The zero-order chi connectivity index (χ0) is 47.8. The van der Waals surface area contributed by atoms with Gasteiger partial charge in [-0.05, 0) is 152 Å². The Kier molecular flexibility index (Phi) is 9.39. The van der Waals surface area contributed by atoms with Crippen LogP contribution in [-0.2, 0) is 10.8 Å². The highest BCUT2D eigenvalue weighted by atomic mass is 127. The highest BCUT2D eigenvalue weighted by molar-refractivity contribution is 14.1. The lowest BCUT2D eigenvalue weighted by molar-refractivity contribution is 0.590. The summed E-state index contributed by atoms with van der Waals surface area (Å²) in [6.07, 6.45) is 0. The molecule has 10 aromatic carbocycles. The van der Waals surface area contributed by atoms with Crippen molar-refractivity contribution in [2.24, 2.45) is 0 Å². The van der Waals surface area contributed by atoms with Crippen molar-refractivity contribution in [3.8, 4) is 16.8 Å². The maximum absolute atomic E-state index is 16.3. The Morgan fingerprint density at radius 3 is 2.01 bits per heavy atom. The van der Waals surface area contributed by atoms with Crippen molar-refractivity contribution in [3.05, 3.63) is 250 Å². The first-order valence-electron chi connectivity index (χ1n) is 24.1. The van der Waals surface area contributed by atoms with E-state index in [1.807, 2.05) is 17.4 Å². The summed E-state index contributed by atoms with van der Waals surface area (Å²) in [6, 6.07) is 75.6. The monoisotopic (exact) mass is 1050 g/mol. The molecule has 0 fully saturated rings. The number of aromatic nitrogens is 1. The fourth-order valence-electron chi connectivity index (χ4n) is 11.9. The minimum atomic E-state index is -0.968. The van der Waals surface area contributed by atoms with Crippen LogP contribution in [0.5, 0.6) is 0 Å². The first-order valence-corrected chi connectivity index (χ1v) is 26.0. The second-order valence-corrected chi connectivity index (χ2v) is 22.2. The van der Waals surface area contributed by atoms with Gasteiger partial charge in [0.15, 0.2) is 0 Å². The van der Waals surface area contributed by atoms with E-state index >= 15 is 4.39 Å². The molecule has 340 valence electrons. The molecule has 13 aromatic rings. The van der Waals surface area contributed by atoms with E-state index in [1.54, 1.807) is 12.1 Å². The number of nitrogens with zero attached hydrogens (tertiary/aromatic N) is 2. The van der Waals surface area contributed by atoms with Gasteiger partial charge in [0.1, 0.15) is 17.0 Å². The predicted molar refractivity (Wildman–Crippen MR) is 304 cm³/mol. The minimum Gasteiger partial charge on any atom is -0.455 e. The number of fused-ring (bicyclic) bond motifs is 14. The fraction of sp³-hybridized carbons (Fsp3) is 0.0769. The molecule has 0 saturated carbocycles. The van der Waals surface area contributed by atoms with Crippen LogP contribution in [0, 0.1) is 9.39 Å². The van der Waals surface area contributed by atoms with Crippen LogP contribution in [0.2, 0.25) is 0 Å². The lowest BCUT2D eigenvalue weighted by atomic mass is 9.67. The normalized spacial score (nSPS) is 14.6. The van der Waals surface area contributed by atoms with Crippen molar-refractivity contribution in [2.45, 2.75) is 31.6 Å². The molecule has 14 rings (SSSR count). The van der Waals surface area contributed by atoms with Crippen LogP contribution in [0.15, 0.2) is 217 Å². The Labute approximate surface area is 428 Å². The molecule has 6 heteroatoms. The Bertz CT molecular complexity index is 4260. The average Bonchev–Trinajstić information content (AvgIpc) is 4.14. The van der Waals surface area contributed by atoms with E-state index in [9.17, 15) is 0 Å². The van der Waals surface area contributed by atoms with Crippen molar-refractivity contribution in [2.75, 3.05) is 4.90 Å². The molecule has 0 spiro atoms. The second-order valence-electron chi connectivity index (χ2n) is 19.8. The first kappa shape index (κ1) is 42.4. The van der Waals surface area contributed by atoms with Crippen LogP contribution in [0.25, 0.3) is 80.7 Å². The number of anilines is 3. The molecule has 0 aliphatic heterocycles. The molecule has 1 unspecified atom stereocenters. The summed E-state index contributed by atoms with van der Waals surface area (Å²) in [6.45, 7) is 6.80. The molecule has 3 heterocycles. The van der Waals surface area contributed by atoms with Crippen LogP contribution in [0.3, 0.4) is 0 Å². The largest absolute Gasteiger partial charge is 0.455 e. The summed E-state index contributed by atoms with van der Waals surface area (Å²) in [5, 5.41) is 6.72. The molecule has 0 bridgehead atoms. The molecule has 0 radical (unpaired) electrons. The SMILES string of the molecule is CC(C)(C)c1ccc(N(c2cc3c(c4oc5ccccc5c24)-c2c(ccc4sc5ccccc5c24)C3(c2cccc(F)c2)c2cccc(I)c2)c2cccc3c2c2ccccc2n3-c2ccccc2)cc1. The molecule has 3 aromatic heterocycles. The summed E-state index contributed by atoms with van der Waals surface area (Å²) in [7, 11) is 0. The van der Waals surface area contributed by atoms with Crippen LogP contribution in [0.4, 0.5) is 21.5 Å². The topological polar surface area (TPSA) is 21.3 Å². The van der Waals surface area contributed by atoms with Gasteiger partial charge in [0.2, 0.25) is 0 Å². The summed E-state index contributed by atoms with van der Waals surface area (Å²) < 4.78 is 29.6. The number of benzene rings is 10. The molecular formula is C65H44FIN2OS. The van der Waals surface area contributed by atoms with Gasteiger partial charge in [-0.15, -0.1) is 11.3 Å². The lowest BCUT2D eigenvalue weighted by Crippen LogP contribution is -2.29. The predicted octanol–water partition coefficient (Wildman–Crippen LogP) is 18.9. The van der Waals surface area contributed by atoms with Crippen LogP contribution >= 0.6 is 33.9 Å². The van der Waals surface area contributed by atoms with Crippen LogP contribution in [-0.4, -0.2) is 4.57 Å². The number of thiophene rings is 1. The second kappa shape index (κ2) is 15.7. The summed E-state index contributed by atoms with van der Waals surface area (Å²) in [4.78, 5) is 2.48. The van der Waals surface area contributed by atoms with Crippen molar-refractivity contribution < 1.29 is 8.81 Å². The number of furan rings is 1. The van der Waals surface area contributed by atoms with E-state index in [4.69, 9.17) is 4.42 Å². The van der Waals surface area contributed by atoms with E-state index in [2.05, 4.69) is 247 Å². The number of hydrogen-bond donors (Lipinski definition) is 0. The Morgan fingerprint density at radius 1 is 0.535 bits per heavy atom. The molecule has 1 aliphatic rings. The molecular weight excluding hydrogens is 1000 g/mol. The number of halogens is 2. The minimum absolute atomic E-state index is 0.0607. The maximum Gasteiger partial charge on any atom is 0.145 e. The van der Waals surface area contributed by atoms with Gasteiger partial charge in [0.05, 0.1) is 33.2 Å². The van der Waals surface area contributed by atoms with Gasteiger partial charge in [-0.2, -0.15) is 0 Å². The van der Waals surface area contributed by atoms with Gasteiger partial charge in [-0.1, -0.05) is 142 Å². The van der Waals surface area contributed by atoms with Crippen molar-refractivity contribution >= 4 is 115 Å². The van der Waals surface area contributed by atoms with Gasteiger partial charge in [-0.3, -0.25) is 0 Å². The summed E-state index contributed by atoms with van der Waals surface area (Å²) in [5.41, 5.74) is 14.4. The third kappa shape index (κ3) is 6.17. The van der Waals surface area contributed by atoms with E-state index in [1.165, 1.54) is 25.7 Å². The Morgan fingerprint density at radius 2 is 1.23 bits per heavy atom. The molecule has 3 nitrogen and oxygen atoms in total. The van der Waals surface area contributed by atoms with E-state index in [-0.39, 0.29) is 11.2 Å². The molecule has 1 atom stereocenters. The quantitative estimate of drug-likeness (QED) is 0.155. The van der Waals surface area contributed by atoms with Gasteiger partial charge in [0, 0.05) is 56.8 Å². The van der Waals surface area contributed by atoms with Gasteiger partial charge in [-0.25, -0.2) is 4.39 Å². The average molecular weight is 1050 g/mol. The van der Waals surface area contributed by atoms with E-state index in [0.29, 0.717) is 0 Å². The van der Waals surface area contributed by atoms with Crippen molar-refractivity contribution in [1.29, 1.82) is 0 Å². The molecule has 0 saturated heterocycles. The van der Waals surface area contributed by atoms with E-state index in [0.717, 1.165) is 103 Å². The van der Waals surface area contributed by atoms with E-state index < -0.39 is 5.41 Å². The molecule has 0 amide bonds. The zero-order valence-electron chi connectivity index (χ0n) is 39.2. The van der Waals surface area contributed by atoms with Crippen LogP contribution in [0.1, 0.15) is 48.6 Å². The van der Waals surface area contributed by atoms with Gasteiger partial charge in [0.25, 0.3) is 0 Å². The molecule has 0 N–H and O–H groups in total. The zero-order valence-corrected chi connectivity index (χ0v) is 42.1. The Hall–Kier alpha value is -7.52. The van der Waals surface area contributed by atoms with Gasteiger partial charge < -0.3 is 13.9 Å². The standard InChI is InChI=1S/C65H44FIN2OS/c1-64(2,3)39-30-32-45(33-31-39)69(53-27-15-26-52-58(53)46-22-7-10-25-51(46)68(52)44-20-5-4-6-21-44)54-38-50-62(63-59(54)47-23-8-11-28-55(47)70-63)61-49(34-35-57-60(61)48-24-9-12-29-56(48)71-57)65(50,40-16-13-18-42(66)36-40)41-17-14-19-43(67)37-41/h4-38H,1-3H3. The first-order chi connectivity index (χ1) is 34.7. The molecule has 71 heavy (non-hydrogen) atoms. The molecule has 1 aliphatic carbocycles. The van der Waals surface area contributed by atoms with Crippen molar-refractivity contribution in [1.82, 2.24) is 4.57 Å². The summed E-state index contributed by atoms with van der Waals surface area (Å²) >= 11 is 4.25. The van der Waals surface area contributed by atoms with Crippen LogP contribution < -0.4 is 4.90 Å². The highest BCUT2D eigenvalue weighted by Crippen LogP contribution is 2.63. The third-order valence-electron chi connectivity index (χ3n) is 14.9. The maximum atomic E-state index is 16.3. The van der Waals surface area contributed by atoms with Crippen molar-refractivity contribution in [3.63, 3.8) is 0 Å². The number of para-hydroxylation sites is 3. The van der Waals surface area contributed by atoms with Gasteiger partial charge >= 0.3 is 0 Å². The lowest BCUT2D eigenvalue weighted by Gasteiger charge is -2.35. The fourth-order valence-corrected chi connectivity index (χ4v) is 13.6. The number of rotatable bonds is 6. The Balaban J connectivity index is 1.20. The smallest absolute Gasteiger partial charge is 0.145 e. The highest BCUT2D eigenvalue weighted by Gasteiger charge is 2.50. The summed E-state index contributed by atoms with van der Waals surface area (Å²) in [5.74, 6) is -0.281.